The van der Waals surface area contributed by atoms with Crippen molar-refractivity contribution < 1.29 is 42.9 Å². The van der Waals surface area contributed by atoms with Gasteiger partial charge < -0.3 is 18.9 Å². The summed E-state index contributed by atoms with van der Waals surface area (Å²) in [4.78, 5) is 59.6. The third kappa shape index (κ3) is 38.8. The van der Waals surface area contributed by atoms with Crippen molar-refractivity contribution in [3.05, 3.63) is 0 Å². The van der Waals surface area contributed by atoms with Gasteiger partial charge in [0.1, 0.15) is 0 Å². The highest BCUT2D eigenvalue weighted by Crippen LogP contribution is 2.13. The first-order valence-corrected chi connectivity index (χ1v) is 21.5. The Morgan fingerprint density at radius 3 is 0.808 bits per heavy atom. The molecule has 0 aliphatic carbocycles. The summed E-state index contributed by atoms with van der Waals surface area (Å²) in [5.74, 6) is -1.57. The molecule has 9 nitrogen and oxygen atoms in total. The van der Waals surface area contributed by atoms with E-state index in [1.807, 2.05) is 0 Å². The summed E-state index contributed by atoms with van der Waals surface area (Å²) in [6, 6.07) is 0. The summed E-state index contributed by atoms with van der Waals surface area (Å²) in [6.45, 7) is 4.71. The molecule has 0 heterocycles. The van der Waals surface area contributed by atoms with Gasteiger partial charge in [0.05, 0.1) is 13.2 Å². The molecule has 0 aliphatic rings. The average molecular weight is 739 g/mol. The van der Waals surface area contributed by atoms with Gasteiger partial charge in [0.15, 0.2) is 13.2 Å². The van der Waals surface area contributed by atoms with Crippen LogP contribution in [0.3, 0.4) is 0 Å². The van der Waals surface area contributed by atoms with Crippen LogP contribution >= 0.6 is 0 Å². The van der Waals surface area contributed by atoms with E-state index < -0.39 is 30.9 Å². The van der Waals surface area contributed by atoms with Crippen LogP contribution in [0.25, 0.3) is 0 Å². The van der Waals surface area contributed by atoms with E-state index in [0.29, 0.717) is 38.9 Å². The van der Waals surface area contributed by atoms with E-state index in [1.54, 1.807) is 0 Å². The molecule has 9 heteroatoms. The molecule has 0 saturated heterocycles. The topological polar surface area (TPSA) is 122 Å². The number of unbranched alkanes of at least 4 members (excludes halogenated alkanes) is 24. The molecular weight excluding hydrogens is 660 g/mol. The van der Waals surface area contributed by atoms with Gasteiger partial charge in [0, 0.05) is 25.7 Å². The fraction of sp³-hybridized carbons (Fsp3) is 0.884. The van der Waals surface area contributed by atoms with Crippen LogP contribution in [0.15, 0.2) is 0 Å². The summed E-state index contributed by atoms with van der Waals surface area (Å²) >= 11 is 0. The van der Waals surface area contributed by atoms with E-state index in [9.17, 15) is 24.0 Å². The third-order valence-corrected chi connectivity index (χ3v) is 9.33. The zero-order valence-corrected chi connectivity index (χ0v) is 33.6. The Kier molecular flexibility index (Phi) is 37.9. The van der Waals surface area contributed by atoms with Crippen molar-refractivity contribution in [2.75, 3.05) is 26.4 Å². The Morgan fingerprint density at radius 2 is 0.519 bits per heavy atom. The molecule has 0 unspecified atom stereocenters. The lowest BCUT2D eigenvalue weighted by atomic mass is 10.1. The van der Waals surface area contributed by atoms with E-state index in [4.69, 9.17) is 18.9 Å². The number of ketones is 1. The van der Waals surface area contributed by atoms with Gasteiger partial charge in [-0.15, -0.1) is 0 Å². The first-order chi connectivity index (χ1) is 25.4. The lowest BCUT2D eigenvalue weighted by molar-refractivity contribution is -0.153. The summed E-state index contributed by atoms with van der Waals surface area (Å²) in [6.07, 6.45) is 31.9. The number of rotatable bonds is 40. The van der Waals surface area contributed by atoms with Gasteiger partial charge in [-0.25, -0.2) is 0 Å². The Bertz CT molecular complexity index is 805. The minimum Gasteiger partial charge on any atom is -0.466 e. The van der Waals surface area contributed by atoms with Crippen LogP contribution in [-0.4, -0.2) is 56.1 Å². The smallest absolute Gasteiger partial charge is 0.306 e. The number of esters is 4. The Morgan fingerprint density at radius 1 is 0.288 bits per heavy atom. The van der Waals surface area contributed by atoms with Gasteiger partial charge in [0.25, 0.3) is 0 Å². The summed E-state index contributed by atoms with van der Waals surface area (Å²) in [5.41, 5.74) is 0. The van der Waals surface area contributed by atoms with Crippen LogP contribution in [0.4, 0.5) is 0 Å². The zero-order valence-electron chi connectivity index (χ0n) is 33.6. The van der Waals surface area contributed by atoms with Crippen molar-refractivity contribution in [2.45, 2.75) is 219 Å². The fourth-order valence-electron chi connectivity index (χ4n) is 5.99. The SMILES string of the molecule is CCCCCCCCCCCOC(=O)CCCCCCCC(=O)OCC(=O)COC(=O)CCCCCCCC(=O)OCCCCCCCCCCC. The van der Waals surface area contributed by atoms with Crippen LogP contribution < -0.4 is 0 Å². The normalized spacial score (nSPS) is 11.0. The number of Topliss-reactive ketones (excluding diaryl/α,β-unsaturated/α-hetero) is 1. The van der Waals surface area contributed by atoms with Gasteiger partial charge in [-0.05, 0) is 38.5 Å². The van der Waals surface area contributed by atoms with Crippen LogP contribution in [0, 0.1) is 0 Å². The monoisotopic (exact) mass is 739 g/mol. The average Bonchev–Trinajstić information content (AvgIpc) is 3.13. The van der Waals surface area contributed by atoms with E-state index in [2.05, 4.69) is 13.8 Å². The molecule has 0 atom stereocenters. The first kappa shape index (κ1) is 49.6. The second kappa shape index (κ2) is 39.8. The van der Waals surface area contributed by atoms with E-state index in [1.165, 1.54) is 89.9 Å². The number of carbonyl (C=O) groups excluding carboxylic acids is 5. The molecule has 0 aromatic carbocycles. The second-order valence-electron chi connectivity index (χ2n) is 14.5. The minimum atomic E-state index is -0.448. The number of ether oxygens (including phenoxy) is 4. The van der Waals surface area contributed by atoms with Gasteiger partial charge in [-0.2, -0.15) is 0 Å². The Balaban J connectivity index is 3.50. The number of carbonyl (C=O) groups is 5. The van der Waals surface area contributed by atoms with Crippen molar-refractivity contribution in [1.29, 1.82) is 0 Å². The molecule has 0 rings (SSSR count). The maximum absolute atomic E-state index is 12.0. The first-order valence-electron chi connectivity index (χ1n) is 21.5. The van der Waals surface area contributed by atoms with E-state index in [-0.39, 0.29) is 24.8 Å². The second-order valence-corrected chi connectivity index (χ2v) is 14.5. The summed E-state index contributed by atoms with van der Waals surface area (Å²) in [7, 11) is 0. The van der Waals surface area contributed by atoms with Crippen molar-refractivity contribution in [3.63, 3.8) is 0 Å². The molecule has 0 N–H and O–H groups in total. The summed E-state index contributed by atoms with van der Waals surface area (Å²) < 4.78 is 20.7. The van der Waals surface area contributed by atoms with Gasteiger partial charge >= 0.3 is 23.9 Å². The molecule has 0 aliphatic heterocycles. The van der Waals surface area contributed by atoms with Crippen LogP contribution in [0.1, 0.15) is 219 Å². The number of hydrogen-bond donors (Lipinski definition) is 0. The predicted molar refractivity (Wildman–Crippen MR) is 208 cm³/mol. The highest BCUT2D eigenvalue weighted by Gasteiger charge is 2.11. The molecule has 0 aromatic rings. The minimum absolute atomic E-state index is 0.125. The van der Waals surface area contributed by atoms with E-state index >= 15 is 0 Å². The molecule has 304 valence electrons. The standard InChI is InChI=1S/C43H78O9/c1-3-5-7-9-11-13-15-23-29-35-49-40(45)31-25-19-17-21-27-33-42(47)51-37-39(44)38-52-43(48)34-28-22-18-20-26-32-41(46)50-36-30-24-16-14-12-10-8-6-4-2/h3-38H2,1-2H3. The molecular formula is C43H78O9. The van der Waals surface area contributed by atoms with Crippen LogP contribution in [0.2, 0.25) is 0 Å². The zero-order chi connectivity index (χ0) is 38.2. The lowest BCUT2D eigenvalue weighted by Gasteiger charge is -2.07. The van der Waals surface area contributed by atoms with Crippen molar-refractivity contribution >= 4 is 29.7 Å². The molecule has 0 aromatic heterocycles. The maximum atomic E-state index is 12.0. The van der Waals surface area contributed by atoms with Crippen LogP contribution in [0.5, 0.6) is 0 Å². The van der Waals surface area contributed by atoms with Crippen molar-refractivity contribution in [1.82, 2.24) is 0 Å². The maximum Gasteiger partial charge on any atom is 0.306 e. The molecule has 0 saturated carbocycles. The largest absolute Gasteiger partial charge is 0.466 e. The fourth-order valence-corrected chi connectivity index (χ4v) is 5.99. The van der Waals surface area contributed by atoms with E-state index in [0.717, 1.165) is 77.0 Å². The van der Waals surface area contributed by atoms with Crippen molar-refractivity contribution in [3.8, 4) is 0 Å². The molecule has 0 radical (unpaired) electrons. The highest BCUT2D eigenvalue weighted by molar-refractivity contribution is 5.85. The Hall–Kier alpha value is -2.45. The Labute approximate surface area is 317 Å². The predicted octanol–water partition coefficient (Wildman–Crippen LogP) is 11.3. The molecule has 52 heavy (non-hydrogen) atoms. The van der Waals surface area contributed by atoms with Gasteiger partial charge in [-0.1, -0.05) is 155 Å². The lowest BCUT2D eigenvalue weighted by Crippen LogP contribution is -2.20. The third-order valence-electron chi connectivity index (χ3n) is 9.33. The van der Waals surface area contributed by atoms with Gasteiger partial charge in [-0.3, -0.25) is 24.0 Å². The van der Waals surface area contributed by atoms with Crippen molar-refractivity contribution in [2.24, 2.45) is 0 Å². The quantitative estimate of drug-likeness (QED) is 0.0343. The highest BCUT2D eigenvalue weighted by atomic mass is 16.6. The molecule has 0 fully saturated rings. The van der Waals surface area contributed by atoms with Gasteiger partial charge in [0.2, 0.25) is 5.78 Å². The molecule has 0 amide bonds. The van der Waals surface area contributed by atoms with Crippen LogP contribution in [-0.2, 0) is 42.9 Å². The molecule has 0 bridgehead atoms. The summed E-state index contributed by atoms with van der Waals surface area (Å²) in [5, 5.41) is 0. The number of hydrogen-bond acceptors (Lipinski definition) is 9. The molecule has 0 spiro atoms.